The molecule has 1 amide bonds. The number of benzene rings is 1. The van der Waals surface area contributed by atoms with E-state index in [2.05, 4.69) is 13.8 Å². The minimum absolute atomic E-state index is 0.138. The van der Waals surface area contributed by atoms with Crippen molar-refractivity contribution in [1.82, 2.24) is 0 Å². The Labute approximate surface area is 147 Å². The fourth-order valence-corrected chi connectivity index (χ4v) is 3.63. The van der Waals surface area contributed by atoms with Gasteiger partial charge in [0.2, 0.25) is 0 Å². The first-order valence-corrected chi connectivity index (χ1v) is 8.77. The predicted molar refractivity (Wildman–Crippen MR) is 92.9 cm³/mol. The van der Waals surface area contributed by atoms with E-state index in [0.29, 0.717) is 31.2 Å². The Morgan fingerprint density at radius 3 is 2.60 bits per heavy atom. The van der Waals surface area contributed by atoms with E-state index < -0.39 is 18.2 Å². The van der Waals surface area contributed by atoms with Crippen LogP contribution < -0.4 is 9.64 Å². The first-order chi connectivity index (χ1) is 11.9. The second-order valence-electron chi connectivity index (χ2n) is 7.18. The summed E-state index contributed by atoms with van der Waals surface area (Å²) in [6.45, 7) is 4.95. The van der Waals surface area contributed by atoms with E-state index in [9.17, 15) is 9.59 Å². The molecule has 1 aromatic carbocycles. The van der Waals surface area contributed by atoms with Gasteiger partial charge >= 0.3 is 5.97 Å². The number of carboxylic acid groups (broad SMARTS) is 1. The highest BCUT2D eigenvalue weighted by Crippen LogP contribution is 2.36. The van der Waals surface area contributed by atoms with Gasteiger partial charge in [0.25, 0.3) is 5.91 Å². The van der Waals surface area contributed by atoms with Gasteiger partial charge in [-0.3, -0.25) is 4.79 Å². The molecular weight excluding hydrogens is 322 g/mol. The number of anilines is 1. The number of carboxylic acids is 1. The first kappa shape index (κ1) is 17.7. The summed E-state index contributed by atoms with van der Waals surface area (Å²) in [5, 5.41) is 9.09. The number of carbonyl (C=O) groups is 2. The highest BCUT2D eigenvalue weighted by Gasteiger charge is 2.39. The SMILES string of the molecule is COc1ccc2c(c1)CC(C(C)C)CN2C(=O)[C@@H]1CC[C@H](C(=O)O)O1. The van der Waals surface area contributed by atoms with Crippen molar-refractivity contribution >= 4 is 17.6 Å². The van der Waals surface area contributed by atoms with Gasteiger partial charge < -0.3 is 19.5 Å². The number of hydrogen-bond donors (Lipinski definition) is 1. The molecule has 2 heterocycles. The second kappa shape index (κ2) is 7.04. The molecule has 6 nitrogen and oxygen atoms in total. The molecule has 0 radical (unpaired) electrons. The van der Waals surface area contributed by atoms with Crippen LogP contribution in [0.5, 0.6) is 5.75 Å². The number of ether oxygens (including phenoxy) is 2. The van der Waals surface area contributed by atoms with Gasteiger partial charge in [0.1, 0.15) is 11.9 Å². The topological polar surface area (TPSA) is 76.1 Å². The van der Waals surface area contributed by atoms with Crippen LogP contribution in [0.4, 0.5) is 5.69 Å². The highest BCUT2D eigenvalue weighted by atomic mass is 16.5. The smallest absolute Gasteiger partial charge is 0.332 e. The third kappa shape index (κ3) is 3.49. The van der Waals surface area contributed by atoms with Gasteiger partial charge in [-0.2, -0.15) is 0 Å². The quantitative estimate of drug-likeness (QED) is 0.905. The number of methoxy groups -OCH3 is 1. The average molecular weight is 347 g/mol. The third-order valence-electron chi connectivity index (χ3n) is 5.26. The third-order valence-corrected chi connectivity index (χ3v) is 5.26. The first-order valence-electron chi connectivity index (χ1n) is 8.77. The highest BCUT2D eigenvalue weighted by molar-refractivity contribution is 5.98. The molecule has 2 aliphatic rings. The molecule has 3 rings (SSSR count). The van der Waals surface area contributed by atoms with Crippen LogP contribution in [0.25, 0.3) is 0 Å². The minimum atomic E-state index is -1.00. The van der Waals surface area contributed by atoms with Crippen molar-refractivity contribution < 1.29 is 24.2 Å². The molecule has 0 spiro atoms. The van der Waals surface area contributed by atoms with Crippen molar-refractivity contribution in [1.29, 1.82) is 0 Å². The molecule has 1 saturated heterocycles. The lowest BCUT2D eigenvalue weighted by Gasteiger charge is -2.37. The Morgan fingerprint density at radius 1 is 1.28 bits per heavy atom. The summed E-state index contributed by atoms with van der Waals surface area (Å²) < 4.78 is 10.8. The number of hydrogen-bond acceptors (Lipinski definition) is 4. The van der Waals surface area contributed by atoms with Crippen LogP contribution in [0.3, 0.4) is 0 Å². The molecule has 0 aliphatic carbocycles. The molecular formula is C19H25NO5. The van der Waals surface area contributed by atoms with E-state index in [1.807, 2.05) is 18.2 Å². The minimum Gasteiger partial charge on any atom is -0.497 e. The number of carbonyl (C=O) groups excluding carboxylic acids is 1. The van der Waals surface area contributed by atoms with Crippen molar-refractivity contribution in [2.75, 3.05) is 18.6 Å². The molecule has 0 aromatic heterocycles. The summed E-state index contributed by atoms with van der Waals surface area (Å²) in [5.74, 6) is 0.421. The zero-order chi connectivity index (χ0) is 18.1. The van der Waals surface area contributed by atoms with E-state index in [4.69, 9.17) is 14.6 Å². The van der Waals surface area contributed by atoms with Gasteiger partial charge in [0, 0.05) is 12.2 Å². The normalized spacial score (nSPS) is 25.8. The molecule has 1 aromatic rings. The number of amides is 1. The zero-order valence-corrected chi connectivity index (χ0v) is 14.9. The van der Waals surface area contributed by atoms with Crippen LogP contribution >= 0.6 is 0 Å². The zero-order valence-electron chi connectivity index (χ0n) is 14.9. The van der Waals surface area contributed by atoms with Crippen LogP contribution in [-0.2, 0) is 20.7 Å². The summed E-state index contributed by atoms with van der Waals surface area (Å²) in [6.07, 6.45) is 0.168. The summed E-state index contributed by atoms with van der Waals surface area (Å²) in [6, 6.07) is 5.75. The Kier molecular flexibility index (Phi) is 4.99. The molecule has 136 valence electrons. The van der Waals surface area contributed by atoms with E-state index in [1.165, 1.54) is 0 Å². The molecule has 3 atom stereocenters. The number of fused-ring (bicyclic) bond motifs is 1. The Balaban J connectivity index is 1.87. The largest absolute Gasteiger partial charge is 0.497 e. The van der Waals surface area contributed by atoms with Crippen molar-refractivity contribution in [3.8, 4) is 5.75 Å². The van der Waals surface area contributed by atoms with Crippen molar-refractivity contribution in [3.63, 3.8) is 0 Å². The summed E-state index contributed by atoms with van der Waals surface area (Å²) in [5.41, 5.74) is 1.97. The molecule has 25 heavy (non-hydrogen) atoms. The van der Waals surface area contributed by atoms with E-state index in [1.54, 1.807) is 12.0 Å². The van der Waals surface area contributed by atoms with Gasteiger partial charge in [0.15, 0.2) is 6.10 Å². The monoisotopic (exact) mass is 347 g/mol. The van der Waals surface area contributed by atoms with Crippen molar-refractivity contribution in [2.24, 2.45) is 11.8 Å². The Morgan fingerprint density at radius 2 is 2.00 bits per heavy atom. The molecule has 0 saturated carbocycles. The maximum absolute atomic E-state index is 13.0. The van der Waals surface area contributed by atoms with Gasteiger partial charge in [-0.15, -0.1) is 0 Å². The van der Waals surface area contributed by atoms with E-state index in [0.717, 1.165) is 23.4 Å². The summed E-state index contributed by atoms with van der Waals surface area (Å²) in [4.78, 5) is 25.9. The molecule has 1 unspecified atom stereocenters. The van der Waals surface area contributed by atoms with E-state index >= 15 is 0 Å². The number of aliphatic carboxylic acids is 1. The van der Waals surface area contributed by atoms with Gasteiger partial charge in [0.05, 0.1) is 7.11 Å². The second-order valence-corrected chi connectivity index (χ2v) is 7.18. The van der Waals surface area contributed by atoms with Crippen molar-refractivity contribution in [2.45, 2.75) is 45.3 Å². The Hall–Kier alpha value is -2.08. The van der Waals surface area contributed by atoms with Crippen LogP contribution in [0.15, 0.2) is 18.2 Å². The fourth-order valence-electron chi connectivity index (χ4n) is 3.63. The predicted octanol–water partition coefficient (Wildman–Crippen LogP) is 2.49. The lowest BCUT2D eigenvalue weighted by atomic mass is 9.84. The van der Waals surface area contributed by atoms with Crippen LogP contribution in [0.1, 0.15) is 32.3 Å². The molecule has 1 N–H and O–H groups in total. The fraction of sp³-hybridized carbons (Fsp3) is 0.579. The maximum atomic E-state index is 13.0. The average Bonchev–Trinajstić information content (AvgIpc) is 3.09. The van der Waals surface area contributed by atoms with Gasteiger partial charge in [-0.05, 0) is 54.9 Å². The molecule has 6 heteroatoms. The summed E-state index contributed by atoms with van der Waals surface area (Å²) in [7, 11) is 1.63. The standard InChI is InChI=1S/C19H25NO5/c1-11(2)13-8-12-9-14(24-3)4-5-15(12)20(10-13)18(21)16-6-7-17(25-16)19(22)23/h4-5,9,11,13,16-17H,6-8,10H2,1-3H3,(H,22,23)/t13?,16-,17+/m0/s1. The van der Waals surface area contributed by atoms with Crippen molar-refractivity contribution in [3.05, 3.63) is 23.8 Å². The van der Waals surface area contributed by atoms with E-state index in [-0.39, 0.29) is 5.91 Å². The lowest BCUT2D eigenvalue weighted by molar-refractivity contribution is -0.151. The molecule has 0 bridgehead atoms. The van der Waals surface area contributed by atoms with Crippen LogP contribution in [-0.4, -0.2) is 42.8 Å². The lowest BCUT2D eigenvalue weighted by Crippen LogP contribution is -2.46. The molecule has 1 fully saturated rings. The Bertz CT molecular complexity index is 672. The van der Waals surface area contributed by atoms with Crippen LogP contribution in [0, 0.1) is 11.8 Å². The van der Waals surface area contributed by atoms with Gasteiger partial charge in [-0.25, -0.2) is 4.79 Å². The number of nitrogens with zero attached hydrogens (tertiary/aromatic N) is 1. The van der Waals surface area contributed by atoms with Crippen LogP contribution in [0.2, 0.25) is 0 Å². The maximum Gasteiger partial charge on any atom is 0.332 e. The molecule has 2 aliphatic heterocycles. The number of rotatable bonds is 4. The summed E-state index contributed by atoms with van der Waals surface area (Å²) >= 11 is 0. The van der Waals surface area contributed by atoms with Gasteiger partial charge in [-0.1, -0.05) is 13.8 Å².